The Morgan fingerprint density at radius 1 is 1.12 bits per heavy atom. The monoisotopic (exact) mass is 339 g/mol. The van der Waals surface area contributed by atoms with E-state index >= 15 is 0 Å². The summed E-state index contributed by atoms with van der Waals surface area (Å²) in [5, 5.41) is 14.6. The van der Waals surface area contributed by atoms with E-state index in [1.54, 1.807) is 36.4 Å². The van der Waals surface area contributed by atoms with Crippen molar-refractivity contribution in [3.63, 3.8) is 0 Å². The number of nitriles is 1. The van der Waals surface area contributed by atoms with E-state index in [2.05, 4.69) is 10.6 Å². The maximum atomic E-state index is 12.6. The number of hydrogen-bond acceptors (Lipinski definition) is 4. The van der Waals surface area contributed by atoms with Gasteiger partial charge in [0.15, 0.2) is 6.04 Å². The van der Waals surface area contributed by atoms with Crippen LogP contribution in [0.2, 0.25) is 0 Å². The molecule has 130 valence electrons. The Bertz CT molecular complexity index is 733. The van der Waals surface area contributed by atoms with Gasteiger partial charge in [0, 0.05) is 5.56 Å². The van der Waals surface area contributed by atoms with Gasteiger partial charge >= 0.3 is 0 Å². The number of carbonyl (C=O) groups excluding carboxylic acids is 2. The van der Waals surface area contributed by atoms with Crippen LogP contribution < -0.4 is 10.6 Å². The number of carbonyl (C=O) groups is 2. The lowest BCUT2D eigenvalue weighted by molar-refractivity contribution is -0.123. The highest BCUT2D eigenvalue weighted by Gasteiger charge is 2.26. The number of furan rings is 1. The molecule has 0 saturated carbocycles. The third kappa shape index (κ3) is 5.21. The average molecular weight is 339 g/mol. The molecule has 0 bridgehead atoms. The SMILES string of the molecule is CC(C)C[C@H](NC(=O)c1ccccc1)C(=O)NC(C#N)c1ccco1. The Morgan fingerprint density at radius 3 is 2.40 bits per heavy atom. The van der Waals surface area contributed by atoms with Crippen molar-refractivity contribution in [2.24, 2.45) is 5.92 Å². The van der Waals surface area contributed by atoms with Gasteiger partial charge in [0.1, 0.15) is 11.8 Å². The predicted octanol–water partition coefficient (Wildman–Crippen LogP) is 2.81. The molecule has 1 heterocycles. The van der Waals surface area contributed by atoms with Gasteiger partial charge in [-0.25, -0.2) is 0 Å². The first-order valence-corrected chi connectivity index (χ1v) is 8.10. The number of amides is 2. The summed E-state index contributed by atoms with van der Waals surface area (Å²) in [6.07, 6.45) is 1.90. The standard InChI is InChI=1S/C19H21N3O3/c1-13(2)11-15(21-18(23)14-7-4-3-5-8-14)19(24)22-16(12-20)17-9-6-10-25-17/h3-10,13,15-16H,11H2,1-2H3,(H,21,23)(H,22,24)/t15-,16?/m0/s1. The van der Waals surface area contributed by atoms with Crippen LogP contribution in [0.3, 0.4) is 0 Å². The zero-order valence-electron chi connectivity index (χ0n) is 14.2. The third-order valence-electron chi connectivity index (χ3n) is 3.61. The maximum Gasteiger partial charge on any atom is 0.251 e. The second-order valence-corrected chi connectivity index (χ2v) is 6.11. The zero-order valence-corrected chi connectivity index (χ0v) is 14.2. The van der Waals surface area contributed by atoms with Gasteiger partial charge in [-0.05, 0) is 36.6 Å². The lowest BCUT2D eigenvalue weighted by Gasteiger charge is -2.21. The topological polar surface area (TPSA) is 95.1 Å². The first-order chi connectivity index (χ1) is 12.0. The van der Waals surface area contributed by atoms with Gasteiger partial charge in [0.05, 0.1) is 12.3 Å². The molecule has 2 atom stereocenters. The molecule has 6 heteroatoms. The average Bonchev–Trinajstić information content (AvgIpc) is 3.13. The van der Waals surface area contributed by atoms with E-state index in [1.165, 1.54) is 6.26 Å². The number of nitrogens with zero attached hydrogens (tertiary/aromatic N) is 1. The largest absolute Gasteiger partial charge is 0.466 e. The van der Waals surface area contributed by atoms with Gasteiger partial charge in [0.25, 0.3) is 5.91 Å². The van der Waals surface area contributed by atoms with Crippen molar-refractivity contribution in [2.75, 3.05) is 0 Å². The second kappa shape index (κ2) is 8.69. The van der Waals surface area contributed by atoms with Gasteiger partial charge in [-0.3, -0.25) is 9.59 Å². The molecule has 2 N–H and O–H groups in total. The minimum absolute atomic E-state index is 0.191. The fourth-order valence-electron chi connectivity index (χ4n) is 2.40. The van der Waals surface area contributed by atoms with Crippen LogP contribution in [0, 0.1) is 17.2 Å². The molecule has 2 amide bonds. The maximum absolute atomic E-state index is 12.6. The summed E-state index contributed by atoms with van der Waals surface area (Å²) >= 11 is 0. The van der Waals surface area contributed by atoms with Crippen LogP contribution in [0.4, 0.5) is 0 Å². The molecule has 0 spiro atoms. The summed E-state index contributed by atoms with van der Waals surface area (Å²) in [5.74, 6) is -0.196. The first-order valence-electron chi connectivity index (χ1n) is 8.10. The zero-order chi connectivity index (χ0) is 18.2. The number of hydrogen-bond donors (Lipinski definition) is 2. The van der Waals surface area contributed by atoms with Gasteiger partial charge < -0.3 is 15.1 Å². The molecule has 1 unspecified atom stereocenters. The molecule has 0 fully saturated rings. The lowest BCUT2D eigenvalue weighted by atomic mass is 10.0. The molecular weight excluding hydrogens is 318 g/mol. The Labute approximate surface area is 146 Å². The van der Waals surface area contributed by atoms with Gasteiger partial charge in [0.2, 0.25) is 5.91 Å². The highest BCUT2D eigenvalue weighted by atomic mass is 16.3. The predicted molar refractivity (Wildman–Crippen MR) is 92.4 cm³/mol. The van der Waals surface area contributed by atoms with E-state index < -0.39 is 18.0 Å². The first kappa shape index (κ1) is 18.3. The Kier molecular flexibility index (Phi) is 6.35. The van der Waals surface area contributed by atoms with Crippen LogP contribution in [-0.2, 0) is 4.79 Å². The van der Waals surface area contributed by atoms with Crippen LogP contribution in [0.25, 0.3) is 0 Å². The normalized spacial score (nSPS) is 12.9. The van der Waals surface area contributed by atoms with Crippen LogP contribution in [0.1, 0.15) is 42.4 Å². The van der Waals surface area contributed by atoms with Crippen LogP contribution >= 0.6 is 0 Å². The molecule has 2 aromatic rings. The van der Waals surface area contributed by atoms with Crippen molar-refractivity contribution in [3.05, 3.63) is 60.1 Å². The van der Waals surface area contributed by atoms with E-state index in [1.807, 2.05) is 26.0 Å². The van der Waals surface area contributed by atoms with Crippen molar-refractivity contribution >= 4 is 11.8 Å². The molecule has 25 heavy (non-hydrogen) atoms. The van der Waals surface area contributed by atoms with Crippen molar-refractivity contribution in [1.82, 2.24) is 10.6 Å². The van der Waals surface area contributed by atoms with E-state index in [0.29, 0.717) is 17.7 Å². The summed E-state index contributed by atoms with van der Waals surface area (Å²) in [5.41, 5.74) is 0.479. The molecule has 1 aromatic heterocycles. The summed E-state index contributed by atoms with van der Waals surface area (Å²) in [7, 11) is 0. The Balaban J connectivity index is 2.09. The van der Waals surface area contributed by atoms with Crippen molar-refractivity contribution in [3.8, 4) is 6.07 Å². The van der Waals surface area contributed by atoms with Crippen LogP contribution in [0.5, 0.6) is 0 Å². The van der Waals surface area contributed by atoms with Crippen molar-refractivity contribution in [2.45, 2.75) is 32.4 Å². The van der Waals surface area contributed by atoms with Gasteiger partial charge in [-0.1, -0.05) is 32.0 Å². The summed E-state index contributed by atoms with van der Waals surface area (Å²) in [4.78, 5) is 24.9. The summed E-state index contributed by atoms with van der Waals surface area (Å²) < 4.78 is 5.17. The van der Waals surface area contributed by atoms with Crippen LogP contribution in [0.15, 0.2) is 53.1 Å². The number of nitrogens with one attached hydrogen (secondary N) is 2. The minimum atomic E-state index is -0.897. The van der Waals surface area contributed by atoms with Gasteiger partial charge in [-0.2, -0.15) is 5.26 Å². The summed E-state index contributed by atoms with van der Waals surface area (Å²) in [6, 6.07) is 12.3. The Hall–Kier alpha value is -3.07. The fourth-order valence-corrected chi connectivity index (χ4v) is 2.40. The fraction of sp³-hybridized carbons (Fsp3) is 0.316. The third-order valence-corrected chi connectivity index (χ3v) is 3.61. The smallest absolute Gasteiger partial charge is 0.251 e. The molecule has 1 aromatic carbocycles. The second-order valence-electron chi connectivity index (χ2n) is 6.11. The number of benzene rings is 1. The van der Waals surface area contributed by atoms with Crippen molar-refractivity contribution in [1.29, 1.82) is 5.26 Å². The van der Waals surface area contributed by atoms with E-state index in [4.69, 9.17) is 4.42 Å². The van der Waals surface area contributed by atoms with E-state index in [-0.39, 0.29) is 11.8 Å². The van der Waals surface area contributed by atoms with E-state index in [9.17, 15) is 14.9 Å². The quantitative estimate of drug-likeness (QED) is 0.811. The minimum Gasteiger partial charge on any atom is -0.466 e. The van der Waals surface area contributed by atoms with Crippen LogP contribution in [-0.4, -0.2) is 17.9 Å². The van der Waals surface area contributed by atoms with Gasteiger partial charge in [-0.15, -0.1) is 0 Å². The summed E-state index contributed by atoms with van der Waals surface area (Å²) in [6.45, 7) is 3.92. The Morgan fingerprint density at radius 2 is 1.84 bits per heavy atom. The molecule has 0 aliphatic carbocycles. The van der Waals surface area contributed by atoms with Crippen molar-refractivity contribution < 1.29 is 14.0 Å². The molecule has 0 aliphatic heterocycles. The number of rotatable bonds is 7. The highest BCUT2D eigenvalue weighted by Crippen LogP contribution is 2.14. The molecule has 0 aliphatic rings. The molecule has 0 radical (unpaired) electrons. The van der Waals surface area contributed by atoms with E-state index in [0.717, 1.165) is 0 Å². The molecule has 6 nitrogen and oxygen atoms in total. The molecular formula is C19H21N3O3. The lowest BCUT2D eigenvalue weighted by Crippen LogP contribution is -2.48. The molecule has 2 rings (SSSR count). The molecule has 0 saturated heterocycles. The highest BCUT2D eigenvalue weighted by molar-refractivity contribution is 5.97.